The molecule has 1 unspecified atom stereocenters. The van der Waals surface area contributed by atoms with Crippen LogP contribution >= 0.6 is 0 Å². The molecular weight excluding hydrogens is 461 g/mol. The van der Waals surface area contributed by atoms with Crippen LogP contribution in [0.25, 0.3) is 11.4 Å². The lowest BCUT2D eigenvalue weighted by Gasteiger charge is -2.17. The van der Waals surface area contributed by atoms with Crippen LogP contribution in [0, 0.1) is 0 Å². The minimum Gasteiger partial charge on any atom is -0.351 e. The fourth-order valence-electron chi connectivity index (χ4n) is 3.55. The lowest BCUT2D eigenvalue weighted by molar-refractivity contribution is 0.0954. The highest BCUT2D eigenvalue weighted by Gasteiger charge is 2.25. The van der Waals surface area contributed by atoms with E-state index in [2.05, 4.69) is 20.4 Å². The van der Waals surface area contributed by atoms with Gasteiger partial charge < -0.3 is 11.1 Å². The van der Waals surface area contributed by atoms with Crippen molar-refractivity contribution in [3.63, 3.8) is 0 Å². The fourth-order valence-corrected chi connectivity index (χ4v) is 3.55. The Kier molecular flexibility index (Phi) is 7.16. The highest BCUT2D eigenvalue weighted by atomic mass is 19.2. The second-order valence-corrected chi connectivity index (χ2v) is 7.84. The number of carbonyl (C=O) groups excluding carboxylic acids is 1. The van der Waals surface area contributed by atoms with Crippen molar-refractivity contribution >= 4 is 5.91 Å². The minimum absolute atomic E-state index is 0.0751. The summed E-state index contributed by atoms with van der Waals surface area (Å²) in [5, 5.41) is 6.87. The van der Waals surface area contributed by atoms with E-state index in [-0.39, 0.29) is 24.6 Å². The van der Waals surface area contributed by atoms with Crippen LogP contribution < -0.4 is 16.6 Å². The number of nitrogens with zero attached hydrogens (tertiary/aromatic N) is 4. The van der Waals surface area contributed by atoms with Gasteiger partial charge in [0.2, 0.25) is 0 Å². The second-order valence-electron chi connectivity index (χ2n) is 7.84. The average Bonchev–Trinajstić information content (AvgIpc) is 2.87. The normalized spacial score (nSPS) is 15.7. The van der Waals surface area contributed by atoms with E-state index in [1.54, 1.807) is 24.3 Å². The van der Waals surface area contributed by atoms with Crippen LogP contribution in [0.2, 0.25) is 0 Å². The molecular formula is C24H21F3N6O2. The molecule has 0 bridgehead atoms. The molecule has 2 aromatic heterocycles. The zero-order chi connectivity index (χ0) is 24.9. The third-order valence-electron chi connectivity index (χ3n) is 5.32. The van der Waals surface area contributed by atoms with Gasteiger partial charge in [-0.25, -0.2) is 27.8 Å². The van der Waals surface area contributed by atoms with Gasteiger partial charge in [0.1, 0.15) is 5.83 Å². The van der Waals surface area contributed by atoms with Crippen LogP contribution in [0.15, 0.2) is 77.1 Å². The van der Waals surface area contributed by atoms with Gasteiger partial charge in [0.25, 0.3) is 11.5 Å². The van der Waals surface area contributed by atoms with Crippen molar-refractivity contribution in [3.8, 4) is 11.4 Å². The van der Waals surface area contributed by atoms with Crippen LogP contribution in [0.3, 0.4) is 0 Å². The number of hydrogen-bond donors (Lipinski definition) is 2. The highest BCUT2D eigenvalue weighted by Crippen LogP contribution is 2.35. The highest BCUT2D eigenvalue weighted by molar-refractivity contribution is 5.93. The van der Waals surface area contributed by atoms with Crippen LogP contribution in [0.4, 0.5) is 13.2 Å². The first-order chi connectivity index (χ1) is 16.9. The van der Waals surface area contributed by atoms with Gasteiger partial charge in [-0.15, -0.1) is 0 Å². The van der Waals surface area contributed by atoms with E-state index >= 15 is 0 Å². The maximum Gasteiger partial charge on any atom is 0.267 e. The van der Waals surface area contributed by atoms with Gasteiger partial charge in [0.15, 0.2) is 17.5 Å². The maximum absolute atomic E-state index is 13.7. The predicted molar refractivity (Wildman–Crippen MR) is 122 cm³/mol. The van der Waals surface area contributed by atoms with Crippen molar-refractivity contribution in [2.45, 2.75) is 18.9 Å². The van der Waals surface area contributed by atoms with Gasteiger partial charge in [-0.2, -0.15) is 5.10 Å². The monoisotopic (exact) mass is 482 g/mol. The third-order valence-corrected chi connectivity index (χ3v) is 5.32. The molecule has 0 saturated heterocycles. The Bertz CT molecular complexity index is 1370. The van der Waals surface area contributed by atoms with E-state index in [0.29, 0.717) is 35.6 Å². The predicted octanol–water partition coefficient (Wildman–Crippen LogP) is 2.93. The average molecular weight is 482 g/mol. The molecule has 1 aliphatic rings. The van der Waals surface area contributed by atoms with Crippen molar-refractivity contribution in [1.29, 1.82) is 0 Å². The van der Waals surface area contributed by atoms with Crippen molar-refractivity contribution in [1.82, 2.24) is 25.1 Å². The molecule has 0 fully saturated rings. The molecule has 4 rings (SSSR count). The number of aromatic nitrogens is 4. The molecule has 0 saturated carbocycles. The standard InChI is InChI=1S/C24H21F3N6O2/c25-18-9-16(10-19(26)22(18)27)20-4-5-21(34)33(32-20)13-14-2-1-3-15(8-14)23-30-11-17(12-31-23)24(35)29-7-6-28/h1-5,8-9,11-12,16H,6-7,10,13,28H2,(H,29,35). The van der Waals surface area contributed by atoms with Crippen molar-refractivity contribution in [3.05, 3.63) is 99.5 Å². The Balaban J connectivity index is 1.54. The molecule has 1 aromatic carbocycles. The fraction of sp³-hybridized carbons (Fsp3) is 0.208. The number of carbonyl (C=O) groups is 1. The van der Waals surface area contributed by atoms with Gasteiger partial charge in [-0.05, 0) is 23.8 Å². The van der Waals surface area contributed by atoms with E-state index in [1.807, 2.05) is 0 Å². The number of rotatable bonds is 7. The summed E-state index contributed by atoms with van der Waals surface area (Å²) in [6, 6.07) is 9.70. The molecule has 8 nitrogen and oxygen atoms in total. The smallest absolute Gasteiger partial charge is 0.267 e. The maximum atomic E-state index is 13.7. The Labute approximate surface area is 198 Å². The van der Waals surface area contributed by atoms with Crippen molar-refractivity contribution in [2.75, 3.05) is 13.1 Å². The summed E-state index contributed by atoms with van der Waals surface area (Å²) in [5.74, 6) is -4.76. The zero-order valence-corrected chi connectivity index (χ0v) is 18.4. The summed E-state index contributed by atoms with van der Waals surface area (Å²) in [6.45, 7) is 0.733. The first-order valence-corrected chi connectivity index (χ1v) is 10.7. The van der Waals surface area contributed by atoms with Crippen molar-refractivity contribution in [2.24, 2.45) is 5.73 Å². The van der Waals surface area contributed by atoms with E-state index < -0.39 is 29.0 Å². The topological polar surface area (TPSA) is 116 Å². The molecule has 1 amide bonds. The van der Waals surface area contributed by atoms with E-state index in [4.69, 9.17) is 5.73 Å². The number of allylic oxidation sites excluding steroid dienone is 4. The number of nitrogens with two attached hydrogens (primary N) is 1. The van der Waals surface area contributed by atoms with E-state index in [1.165, 1.54) is 29.2 Å². The molecule has 35 heavy (non-hydrogen) atoms. The summed E-state index contributed by atoms with van der Waals surface area (Å²) in [7, 11) is 0. The van der Waals surface area contributed by atoms with Gasteiger partial charge in [-0.1, -0.05) is 18.2 Å². The number of amides is 1. The van der Waals surface area contributed by atoms with Crippen molar-refractivity contribution < 1.29 is 18.0 Å². The minimum atomic E-state index is -1.50. The van der Waals surface area contributed by atoms with Gasteiger partial charge in [0.05, 0.1) is 17.8 Å². The number of benzene rings is 1. The van der Waals surface area contributed by atoms with Gasteiger partial charge in [-0.3, -0.25) is 9.59 Å². The third kappa shape index (κ3) is 5.52. The van der Waals surface area contributed by atoms with Gasteiger partial charge in [0, 0.05) is 49.5 Å². The number of nitrogens with one attached hydrogen (secondary N) is 1. The van der Waals surface area contributed by atoms with Crippen LogP contribution in [-0.4, -0.2) is 38.7 Å². The summed E-state index contributed by atoms with van der Waals surface area (Å²) in [5.41, 5.74) is 6.85. The SMILES string of the molecule is NCCNC(=O)c1cnc(-c2cccc(Cn3nc(C4C=C(F)C(F)=C(F)C4)ccc3=O)c2)nc1. The number of hydrogen-bond acceptors (Lipinski definition) is 6. The zero-order valence-electron chi connectivity index (χ0n) is 18.4. The molecule has 0 aliphatic heterocycles. The summed E-state index contributed by atoms with van der Waals surface area (Å²) < 4.78 is 41.9. The van der Waals surface area contributed by atoms with Crippen LogP contribution in [0.5, 0.6) is 0 Å². The lowest BCUT2D eigenvalue weighted by atomic mass is 9.95. The summed E-state index contributed by atoms with van der Waals surface area (Å²) >= 11 is 0. The second kappa shape index (κ2) is 10.4. The summed E-state index contributed by atoms with van der Waals surface area (Å²) in [4.78, 5) is 32.8. The summed E-state index contributed by atoms with van der Waals surface area (Å²) in [6.07, 6.45) is 3.39. The first kappa shape index (κ1) is 24.0. The molecule has 0 spiro atoms. The molecule has 180 valence electrons. The molecule has 11 heteroatoms. The van der Waals surface area contributed by atoms with Gasteiger partial charge >= 0.3 is 0 Å². The van der Waals surface area contributed by atoms with E-state index in [9.17, 15) is 22.8 Å². The largest absolute Gasteiger partial charge is 0.351 e. The molecule has 1 atom stereocenters. The molecule has 0 radical (unpaired) electrons. The molecule has 1 aliphatic carbocycles. The molecule has 2 heterocycles. The Morgan fingerprint density at radius 3 is 2.63 bits per heavy atom. The quantitative estimate of drug-likeness (QED) is 0.535. The Morgan fingerprint density at radius 2 is 1.91 bits per heavy atom. The van der Waals surface area contributed by atoms with E-state index in [0.717, 1.165) is 6.08 Å². The first-order valence-electron chi connectivity index (χ1n) is 10.7. The Morgan fingerprint density at radius 1 is 1.14 bits per heavy atom. The lowest BCUT2D eigenvalue weighted by Crippen LogP contribution is -2.29. The molecule has 3 N–H and O–H groups in total. The van der Waals surface area contributed by atoms with Crippen LogP contribution in [0.1, 0.15) is 34.0 Å². The Hall–Kier alpha value is -4.12. The molecule has 3 aromatic rings. The van der Waals surface area contributed by atoms with Crippen LogP contribution in [-0.2, 0) is 6.54 Å². The number of halogens is 3.